The number of pyridine rings is 1. The maximum Gasteiger partial charge on any atom is 0.305 e. The van der Waals surface area contributed by atoms with Crippen molar-refractivity contribution < 1.29 is 24.5 Å². The molecule has 5 nitrogen and oxygen atoms in total. The number of hydrogen-bond acceptors (Lipinski definition) is 4. The highest BCUT2D eigenvalue weighted by Gasteiger charge is 2.37. The highest BCUT2D eigenvalue weighted by Crippen LogP contribution is 2.50. The molecule has 6 heteroatoms. The fourth-order valence-electron chi connectivity index (χ4n) is 4.95. The van der Waals surface area contributed by atoms with Gasteiger partial charge in [0.1, 0.15) is 5.82 Å². The average molecular weight is 421 g/mol. The lowest BCUT2D eigenvalue weighted by Crippen LogP contribution is -2.30. The van der Waals surface area contributed by atoms with Crippen molar-refractivity contribution in [2.45, 2.75) is 56.1 Å². The standard InChI is InChI=1S/C25H24FNO4/c26-14-7-8-16-18(9-14)19(22(29)10-15(28)11-23(30)31)12-20-24(16)17-3-1-2-4-21(17)27-25(20)13-5-6-13/h1-4,7-9,13,15,19,22,28-29H,5-6,10-12H2,(H,30,31)/t15-,19+,22+/m1/s1. The molecule has 1 heterocycles. The Kier molecular flexibility index (Phi) is 4.99. The molecule has 5 rings (SSSR count). The Bertz CT molecular complexity index is 1170. The zero-order valence-corrected chi connectivity index (χ0v) is 17.0. The summed E-state index contributed by atoms with van der Waals surface area (Å²) >= 11 is 0. The summed E-state index contributed by atoms with van der Waals surface area (Å²) in [5.41, 5.74) is 5.66. The van der Waals surface area contributed by atoms with Crippen LogP contribution in [0.4, 0.5) is 4.39 Å². The van der Waals surface area contributed by atoms with Gasteiger partial charge in [-0.1, -0.05) is 24.3 Å². The predicted molar refractivity (Wildman–Crippen MR) is 114 cm³/mol. The van der Waals surface area contributed by atoms with E-state index in [0.717, 1.165) is 46.1 Å². The van der Waals surface area contributed by atoms with E-state index in [0.29, 0.717) is 17.9 Å². The molecule has 1 fully saturated rings. The Labute approximate surface area is 179 Å². The Hall–Kier alpha value is -2.83. The minimum atomic E-state index is -1.16. The summed E-state index contributed by atoms with van der Waals surface area (Å²) in [4.78, 5) is 15.9. The average Bonchev–Trinajstić information content (AvgIpc) is 3.56. The minimum Gasteiger partial charge on any atom is -0.481 e. The number of aliphatic carboxylic acids is 1. The lowest BCUT2D eigenvalue weighted by atomic mass is 9.73. The third-order valence-corrected chi connectivity index (χ3v) is 6.48. The number of aliphatic hydroxyl groups is 2. The molecule has 0 amide bonds. The fourth-order valence-corrected chi connectivity index (χ4v) is 4.95. The molecule has 0 unspecified atom stereocenters. The van der Waals surface area contributed by atoms with Gasteiger partial charge in [0.15, 0.2) is 0 Å². The molecule has 3 atom stereocenters. The number of para-hydroxylation sites is 1. The Morgan fingerprint density at radius 1 is 1.16 bits per heavy atom. The van der Waals surface area contributed by atoms with Crippen LogP contribution in [0.3, 0.4) is 0 Å². The third kappa shape index (κ3) is 3.70. The van der Waals surface area contributed by atoms with Gasteiger partial charge >= 0.3 is 5.97 Å². The van der Waals surface area contributed by atoms with Gasteiger partial charge in [0.25, 0.3) is 0 Å². The van der Waals surface area contributed by atoms with Gasteiger partial charge in [-0.15, -0.1) is 0 Å². The smallest absolute Gasteiger partial charge is 0.305 e. The zero-order chi connectivity index (χ0) is 21.7. The van der Waals surface area contributed by atoms with Gasteiger partial charge in [-0.3, -0.25) is 9.78 Å². The largest absolute Gasteiger partial charge is 0.481 e. The minimum absolute atomic E-state index is 0.0813. The molecule has 1 saturated carbocycles. The van der Waals surface area contributed by atoms with Crippen LogP contribution in [-0.2, 0) is 11.2 Å². The Morgan fingerprint density at radius 3 is 2.68 bits per heavy atom. The van der Waals surface area contributed by atoms with Crippen LogP contribution in [0, 0.1) is 5.82 Å². The first-order valence-corrected chi connectivity index (χ1v) is 10.7. The Morgan fingerprint density at radius 2 is 1.94 bits per heavy atom. The second-order valence-corrected chi connectivity index (χ2v) is 8.74. The third-order valence-electron chi connectivity index (χ3n) is 6.48. The maximum atomic E-state index is 14.3. The van der Waals surface area contributed by atoms with Gasteiger partial charge in [-0.2, -0.15) is 0 Å². The Balaban J connectivity index is 1.65. The topological polar surface area (TPSA) is 90.7 Å². The first-order chi connectivity index (χ1) is 14.9. The summed E-state index contributed by atoms with van der Waals surface area (Å²) in [5.74, 6) is -1.55. The summed E-state index contributed by atoms with van der Waals surface area (Å²) in [6, 6.07) is 12.6. The molecule has 0 bridgehead atoms. The first kappa shape index (κ1) is 20.1. The van der Waals surface area contributed by atoms with Gasteiger partial charge < -0.3 is 15.3 Å². The molecular weight excluding hydrogens is 397 g/mol. The van der Waals surface area contributed by atoms with Crippen LogP contribution in [0.2, 0.25) is 0 Å². The van der Waals surface area contributed by atoms with Crippen LogP contribution in [0.15, 0.2) is 42.5 Å². The number of nitrogens with zero attached hydrogens (tertiary/aromatic N) is 1. The summed E-state index contributed by atoms with van der Waals surface area (Å²) in [5, 5.41) is 31.0. The molecule has 0 saturated heterocycles. The zero-order valence-electron chi connectivity index (χ0n) is 17.0. The first-order valence-electron chi connectivity index (χ1n) is 10.7. The van der Waals surface area contributed by atoms with Crippen LogP contribution in [0.25, 0.3) is 22.0 Å². The van der Waals surface area contributed by atoms with Crippen molar-refractivity contribution in [3.63, 3.8) is 0 Å². The quantitative estimate of drug-likeness (QED) is 0.556. The number of carboxylic acid groups (broad SMARTS) is 1. The van der Waals surface area contributed by atoms with Crippen molar-refractivity contribution in [1.29, 1.82) is 0 Å². The highest BCUT2D eigenvalue weighted by atomic mass is 19.1. The van der Waals surface area contributed by atoms with E-state index in [-0.39, 0.29) is 12.2 Å². The van der Waals surface area contributed by atoms with Crippen molar-refractivity contribution in [3.8, 4) is 11.1 Å². The molecule has 0 aliphatic heterocycles. The second kappa shape index (κ2) is 7.70. The number of halogens is 1. The molecule has 2 aromatic carbocycles. The van der Waals surface area contributed by atoms with Crippen LogP contribution < -0.4 is 0 Å². The van der Waals surface area contributed by atoms with E-state index in [1.165, 1.54) is 12.1 Å². The molecule has 31 heavy (non-hydrogen) atoms. The van der Waals surface area contributed by atoms with E-state index in [2.05, 4.69) is 0 Å². The van der Waals surface area contributed by atoms with E-state index < -0.39 is 30.5 Å². The van der Waals surface area contributed by atoms with Gasteiger partial charge in [0.05, 0.1) is 24.1 Å². The molecule has 2 aliphatic rings. The number of aliphatic hydroxyl groups excluding tert-OH is 2. The number of rotatable bonds is 6. The summed E-state index contributed by atoms with van der Waals surface area (Å²) in [6.45, 7) is 0. The van der Waals surface area contributed by atoms with E-state index in [4.69, 9.17) is 10.1 Å². The van der Waals surface area contributed by atoms with E-state index >= 15 is 0 Å². The van der Waals surface area contributed by atoms with Gasteiger partial charge in [0, 0.05) is 29.3 Å². The van der Waals surface area contributed by atoms with Gasteiger partial charge in [0.2, 0.25) is 0 Å². The molecule has 0 radical (unpaired) electrons. The number of carbonyl (C=O) groups is 1. The molecular formula is C25H24FNO4. The fraction of sp³-hybridized carbons (Fsp3) is 0.360. The molecule has 2 aliphatic carbocycles. The SMILES string of the molecule is O=C(O)C[C@H](O)C[C@H](O)[C@H]1Cc2c(C3CC3)nc3ccccc3c2-c2ccc(F)cc21. The van der Waals surface area contributed by atoms with Crippen LogP contribution in [0.5, 0.6) is 0 Å². The van der Waals surface area contributed by atoms with Crippen molar-refractivity contribution in [1.82, 2.24) is 4.98 Å². The molecule has 0 spiro atoms. The van der Waals surface area contributed by atoms with Crippen LogP contribution in [0.1, 0.15) is 54.3 Å². The maximum absolute atomic E-state index is 14.3. The number of carboxylic acids is 1. The highest BCUT2D eigenvalue weighted by molar-refractivity contribution is 5.98. The van der Waals surface area contributed by atoms with Crippen molar-refractivity contribution >= 4 is 16.9 Å². The summed E-state index contributed by atoms with van der Waals surface area (Å²) in [7, 11) is 0. The van der Waals surface area contributed by atoms with Gasteiger partial charge in [-0.25, -0.2) is 4.39 Å². The van der Waals surface area contributed by atoms with E-state index in [9.17, 15) is 19.4 Å². The number of fused-ring (bicyclic) bond motifs is 5. The lowest BCUT2D eigenvalue weighted by molar-refractivity contribution is -0.139. The van der Waals surface area contributed by atoms with Crippen LogP contribution >= 0.6 is 0 Å². The summed E-state index contributed by atoms with van der Waals surface area (Å²) < 4.78 is 14.3. The summed E-state index contributed by atoms with van der Waals surface area (Å²) in [6.07, 6.45) is -0.0314. The second-order valence-electron chi connectivity index (χ2n) is 8.74. The molecule has 3 N–H and O–H groups in total. The predicted octanol–water partition coefficient (Wildman–Crippen LogP) is 4.14. The van der Waals surface area contributed by atoms with E-state index in [1.54, 1.807) is 6.07 Å². The van der Waals surface area contributed by atoms with Crippen molar-refractivity contribution in [2.75, 3.05) is 0 Å². The number of aromatic nitrogens is 1. The molecule has 1 aromatic heterocycles. The number of benzene rings is 2. The molecule has 160 valence electrons. The van der Waals surface area contributed by atoms with Crippen molar-refractivity contribution in [2.24, 2.45) is 0 Å². The van der Waals surface area contributed by atoms with Gasteiger partial charge in [-0.05, 0) is 59.7 Å². The lowest BCUT2D eigenvalue weighted by Gasteiger charge is -2.33. The monoisotopic (exact) mass is 421 g/mol. The van der Waals surface area contributed by atoms with E-state index in [1.807, 2.05) is 24.3 Å². The number of hydrogen-bond donors (Lipinski definition) is 3. The normalized spacial score (nSPS) is 19.5. The van der Waals surface area contributed by atoms with Crippen molar-refractivity contribution in [3.05, 3.63) is 65.1 Å². The molecule has 3 aromatic rings. The van der Waals surface area contributed by atoms with Crippen LogP contribution in [-0.4, -0.2) is 38.5 Å².